The third-order valence-electron chi connectivity index (χ3n) is 5.17. The molecule has 5 aromatic rings. The molecule has 0 saturated heterocycles. The van der Waals surface area contributed by atoms with Crippen LogP contribution in [0.15, 0.2) is 87.0 Å². The van der Waals surface area contributed by atoms with Crippen LogP contribution in [0.25, 0.3) is 39.4 Å². The Labute approximate surface area is 194 Å². The molecule has 33 heavy (non-hydrogen) atoms. The molecular weight excluding hydrogens is 436 g/mol. The fraction of sp³-hybridized carbons (Fsp3) is 0.120. The number of hydrogen-bond donors (Lipinski definition) is 0. The second kappa shape index (κ2) is 8.91. The highest BCUT2D eigenvalue weighted by Gasteiger charge is 2.19. The minimum absolute atomic E-state index is 0.231. The van der Waals surface area contributed by atoms with Gasteiger partial charge in [0.2, 0.25) is 5.82 Å². The Morgan fingerprint density at radius 1 is 0.970 bits per heavy atom. The van der Waals surface area contributed by atoms with E-state index in [1.54, 1.807) is 30.0 Å². The van der Waals surface area contributed by atoms with E-state index in [2.05, 4.69) is 15.2 Å². The van der Waals surface area contributed by atoms with Crippen molar-refractivity contribution in [1.82, 2.24) is 19.9 Å². The monoisotopic (exact) mass is 456 g/mol. The molecule has 3 aromatic carbocycles. The zero-order chi connectivity index (χ0) is 22.8. The maximum atomic E-state index is 13.2. The van der Waals surface area contributed by atoms with Gasteiger partial charge in [-0.15, -0.1) is 11.8 Å². The summed E-state index contributed by atoms with van der Waals surface area (Å²) in [6, 6.07) is 22.4. The standard InChI is InChI=1S/C25H20N4O3S/c1-3-31-18-12-10-17(11-13-18)29-25(30)21-7-5-4-6-20(21)22(27-29)24-26-23(28-32-24)16-8-14-19(33-2)15-9-16/h4-15H,3H2,1-2H3. The van der Waals surface area contributed by atoms with Crippen molar-refractivity contribution in [2.75, 3.05) is 12.9 Å². The van der Waals surface area contributed by atoms with Gasteiger partial charge in [-0.25, -0.2) is 0 Å². The van der Waals surface area contributed by atoms with Crippen LogP contribution < -0.4 is 10.3 Å². The molecule has 0 radical (unpaired) electrons. The molecule has 0 saturated carbocycles. The summed E-state index contributed by atoms with van der Waals surface area (Å²) < 4.78 is 12.4. The number of aromatic nitrogens is 4. The van der Waals surface area contributed by atoms with Crippen molar-refractivity contribution in [3.63, 3.8) is 0 Å². The highest BCUT2D eigenvalue weighted by Crippen LogP contribution is 2.27. The molecule has 0 aliphatic carbocycles. The van der Waals surface area contributed by atoms with Crippen LogP contribution in [0.2, 0.25) is 0 Å². The normalized spacial score (nSPS) is 11.1. The van der Waals surface area contributed by atoms with E-state index in [4.69, 9.17) is 9.26 Å². The van der Waals surface area contributed by atoms with Crippen molar-refractivity contribution in [1.29, 1.82) is 0 Å². The molecule has 0 fully saturated rings. The lowest BCUT2D eigenvalue weighted by Crippen LogP contribution is -2.22. The number of benzene rings is 3. The van der Waals surface area contributed by atoms with Crippen LogP contribution in [-0.2, 0) is 0 Å². The van der Waals surface area contributed by atoms with Gasteiger partial charge in [0, 0.05) is 15.8 Å². The topological polar surface area (TPSA) is 83.0 Å². The fourth-order valence-electron chi connectivity index (χ4n) is 3.55. The second-order valence-corrected chi connectivity index (χ2v) is 8.07. The van der Waals surface area contributed by atoms with Crippen LogP contribution in [-0.4, -0.2) is 32.8 Å². The van der Waals surface area contributed by atoms with Gasteiger partial charge in [0.25, 0.3) is 11.4 Å². The van der Waals surface area contributed by atoms with Gasteiger partial charge in [-0.3, -0.25) is 4.79 Å². The third-order valence-corrected chi connectivity index (χ3v) is 5.92. The van der Waals surface area contributed by atoms with Crippen LogP contribution >= 0.6 is 11.8 Å². The average molecular weight is 457 g/mol. The Balaban J connectivity index is 1.63. The smallest absolute Gasteiger partial charge is 0.279 e. The lowest BCUT2D eigenvalue weighted by molar-refractivity contribution is 0.340. The van der Waals surface area contributed by atoms with E-state index < -0.39 is 0 Å². The number of ether oxygens (including phenoxy) is 1. The van der Waals surface area contributed by atoms with Gasteiger partial charge in [0.15, 0.2) is 5.69 Å². The lowest BCUT2D eigenvalue weighted by atomic mass is 10.1. The van der Waals surface area contributed by atoms with Crippen LogP contribution in [0.1, 0.15) is 6.92 Å². The van der Waals surface area contributed by atoms with Crippen LogP contribution in [0.4, 0.5) is 0 Å². The van der Waals surface area contributed by atoms with E-state index >= 15 is 0 Å². The summed E-state index contributed by atoms with van der Waals surface area (Å²) >= 11 is 1.67. The molecule has 0 atom stereocenters. The largest absolute Gasteiger partial charge is 0.494 e. The predicted molar refractivity (Wildman–Crippen MR) is 129 cm³/mol. The lowest BCUT2D eigenvalue weighted by Gasteiger charge is -2.10. The van der Waals surface area contributed by atoms with E-state index in [1.807, 2.05) is 67.8 Å². The van der Waals surface area contributed by atoms with Gasteiger partial charge in [-0.05, 0) is 67.8 Å². The molecule has 5 rings (SSSR count). The van der Waals surface area contributed by atoms with E-state index in [0.29, 0.717) is 34.6 Å². The number of fused-ring (bicyclic) bond motifs is 1. The molecular formula is C25H20N4O3S. The summed E-state index contributed by atoms with van der Waals surface area (Å²) in [6.45, 7) is 2.49. The van der Waals surface area contributed by atoms with E-state index in [-0.39, 0.29) is 11.4 Å². The van der Waals surface area contributed by atoms with Crippen molar-refractivity contribution < 1.29 is 9.26 Å². The molecule has 0 aliphatic rings. The average Bonchev–Trinajstić information content (AvgIpc) is 3.35. The van der Waals surface area contributed by atoms with Gasteiger partial charge < -0.3 is 9.26 Å². The Hall–Kier alpha value is -3.91. The number of thioether (sulfide) groups is 1. The quantitative estimate of drug-likeness (QED) is 0.324. The van der Waals surface area contributed by atoms with Crippen molar-refractivity contribution in [2.24, 2.45) is 0 Å². The summed E-state index contributed by atoms with van der Waals surface area (Å²) in [5.41, 5.74) is 1.67. The predicted octanol–water partition coefficient (Wildman–Crippen LogP) is 5.22. The van der Waals surface area contributed by atoms with Crippen molar-refractivity contribution >= 4 is 22.5 Å². The van der Waals surface area contributed by atoms with Gasteiger partial charge in [0.05, 0.1) is 17.7 Å². The van der Waals surface area contributed by atoms with Crippen LogP contribution in [0.5, 0.6) is 5.75 Å². The van der Waals surface area contributed by atoms with Gasteiger partial charge in [-0.2, -0.15) is 14.8 Å². The van der Waals surface area contributed by atoms with Crippen LogP contribution in [0, 0.1) is 0 Å². The van der Waals surface area contributed by atoms with Crippen molar-refractivity contribution in [2.45, 2.75) is 11.8 Å². The first kappa shape index (κ1) is 21.0. The summed E-state index contributed by atoms with van der Waals surface area (Å²) in [6.07, 6.45) is 2.03. The summed E-state index contributed by atoms with van der Waals surface area (Å²) in [5, 5.41) is 9.92. The Kier molecular flexibility index (Phi) is 5.66. The molecule has 0 N–H and O–H groups in total. The first-order valence-corrected chi connectivity index (χ1v) is 11.6. The molecule has 164 valence electrons. The Morgan fingerprint density at radius 3 is 2.39 bits per heavy atom. The van der Waals surface area contributed by atoms with Crippen molar-refractivity contribution in [3.05, 3.63) is 83.2 Å². The van der Waals surface area contributed by atoms with E-state index in [9.17, 15) is 4.79 Å². The fourth-order valence-corrected chi connectivity index (χ4v) is 3.96. The zero-order valence-corrected chi connectivity index (χ0v) is 18.9. The van der Waals surface area contributed by atoms with Crippen LogP contribution in [0.3, 0.4) is 0 Å². The molecule has 0 bridgehead atoms. The Morgan fingerprint density at radius 2 is 1.70 bits per heavy atom. The molecule has 0 amide bonds. The van der Waals surface area contributed by atoms with Gasteiger partial charge in [-0.1, -0.05) is 23.4 Å². The van der Waals surface area contributed by atoms with Crippen molar-refractivity contribution in [3.8, 4) is 34.4 Å². The third kappa shape index (κ3) is 4.01. The highest BCUT2D eigenvalue weighted by molar-refractivity contribution is 7.98. The summed E-state index contributed by atoms with van der Waals surface area (Å²) in [4.78, 5) is 18.9. The molecule has 0 spiro atoms. The molecule has 2 heterocycles. The Bertz CT molecular complexity index is 1470. The summed E-state index contributed by atoms with van der Waals surface area (Å²) in [5.74, 6) is 1.43. The zero-order valence-electron chi connectivity index (χ0n) is 18.1. The minimum Gasteiger partial charge on any atom is -0.494 e. The number of hydrogen-bond acceptors (Lipinski definition) is 7. The molecule has 0 aliphatic heterocycles. The van der Waals surface area contributed by atoms with Gasteiger partial charge >= 0.3 is 0 Å². The number of rotatable bonds is 6. The first-order chi connectivity index (χ1) is 16.2. The maximum absolute atomic E-state index is 13.2. The van der Waals surface area contributed by atoms with E-state index in [1.165, 1.54) is 4.68 Å². The molecule has 8 heteroatoms. The highest BCUT2D eigenvalue weighted by atomic mass is 32.2. The summed E-state index contributed by atoms with van der Waals surface area (Å²) in [7, 11) is 0. The van der Waals surface area contributed by atoms with Gasteiger partial charge in [0.1, 0.15) is 5.75 Å². The molecule has 2 aromatic heterocycles. The number of nitrogens with zero attached hydrogens (tertiary/aromatic N) is 4. The molecule has 0 unspecified atom stereocenters. The van der Waals surface area contributed by atoms with E-state index in [0.717, 1.165) is 16.2 Å². The SMILES string of the molecule is CCOc1ccc(-n2nc(-c3nc(-c4ccc(SC)cc4)no3)c3ccccc3c2=O)cc1. The maximum Gasteiger partial charge on any atom is 0.279 e. The minimum atomic E-state index is -0.231. The first-order valence-electron chi connectivity index (χ1n) is 10.4. The molecule has 7 nitrogen and oxygen atoms in total. The second-order valence-electron chi connectivity index (χ2n) is 7.19.